The molecule has 0 unspecified atom stereocenters. The molecule has 2 atom stereocenters. The zero-order valence-electron chi connectivity index (χ0n) is 21.5. The molecular weight excluding hydrogens is 432 g/mol. The maximum atomic E-state index is 13.7. The molecule has 0 aromatic heterocycles. The summed E-state index contributed by atoms with van der Waals surface area (Å²) in [5.74, 6) is -0.105. The number of carbonyl (C=O) groups is 2. The van der Waals surface area contributed by atoms with Crippen LogP contribution in [0.2, 0.25) is 0 Å². The van der Waals surface area contributed by atoms with E-state index in [-0.39, 0.29) is 17.9 Å². The number of carbonyl (C=O) groups excluding carboxylic acids is 2. The van der Waals surface area contributed by atoms with Gasteiger partial charge in [-0.1, -0.05) is 96.9 Å². The summed E-state index contributed by atoms with van der Waals surface area (Å²) in [6.07, 6.45) is 2.32. The smallest absolute Gasteiger partial charge is 0.243 e. The molecule has 3 aromatic rings. The van der Waals surface area contributed by atoms with Crippen LogP contribution in [0.5, 0.6) is 0 Å². The summed E-state index contributed by atoms with van der Waals surface area (Å²) in [6, 6.07) is 25.9. The first-order chi connectivity index (χ1) is 16.9. The van der Waals surface area contributed by atoms with E-state index in [1.807, 2.05) is 69.3 Å². The Balaban J connectivity index is 1.90. The maximum Gasteiger partial charge on any atom is 0.243 e. The van der Waals surface area contributed by atoms with Gasteiger partial charge in [-0.3, -0.25) is 9.59 Å². The van der Waals surface area contributed by atoms with Gasteiger partial charge >= 0.3 is 0 Å². The lowest BCUT2D eigenvalue weighted by Crippen LogP contribution is -2.52. The normalized spacial score (nSPS) is 12.6. The molecule has 0 bridgehead atoms. The quantitative estimate of drug-likeness (QED) is 0.386. The minimum atomic E-state index is -0.586. The minimum Gasteiger partial charge on any atom is -0.352 e. The van der Waals surface area contributed by atoms with Gasteiger partial charge in [-0.25, -0.2) is 0 Å². The van der Waals surface area contributed by atoms with Crippen molar-refractivity contribution in [3.63, 3.8) is 0 Å². The lowest BCUT2D eigenvalue weighted by atomic mass is 10.0. The van der Waals surface area contributed by atoms with Crippen molar-refractivity contribution in [2.24, 2.45) is 0 Å². The summed E-state index contributed by atoms with van der Waals surface area (Å²) in [7, 11) is 0. The second kappa shape index (κ2) is 12.9. The lowest BCUT2D eigenvalue weighted by molar-refractivity contribution is -0.141. The van der Waals surface area contributed by atoms with Crippen LogP contribution in [0.1, 0.15) is 54.5 Å². The van der Waals surface area contributed by atoms with Crippen molar-refractivity contribution in [2.75, 3.05) is 0 Å². The molecule has 184 valence electrons. The van der Waals surface area contributed by atoms with Crippen LogP contribution < -0.4 is 5.32 Å². The second-order valence-corrected chi connectivity index (χ2v) is 9.52. The van der Waals surface area contributed by atoms with Gasteiger partial charge in [0.25, 0.3) is 0 Å². The van der Waals surface area contributed by atoms with Crippen LogP contribution in [-0.4, -0.2) is 28.8 Å². The van der Waals surface area contributed by atoms with Gasteiger partial charge in [0.1, 0.15) is 6.04 Å². The van der Waals surface area contributed by atoms with E-state index < -0.39 is 6.04 Å². The topological polar surface area (TPSA) is 49.4 Å². The summed E-state index contributed by atoms with van der Waals surface area (Å²) < 4.78 is 0. The fourth-order valence-electron chi connectivity index (χ4n) is 4.15. The summed E-state index contributed by atoms with van der Waals surface area (Å²) in [5, 5.41) is 3.13. The van der Waals surface area contributed by atoms with Crippen LogP contribution in [0, 0.1) is 13.8 Å². The Hall–Kier alpha value is -3.40. The van der Waals surface area contributed by atoms with Crippen LogP contribution in [0.25, 0.3) is 0 Å². The number of rotatable bonds is 11. The number of amides is 2. The third kappa shape index (κ3) is 8.10. The summed E-state index contributed by atoms with van der Waals surface area (Å²) in [4.78, 5) is 29.0. The van der Waals surface area contributed by atoms with Crippen molar-refractivity contribution in [2.45, 2.75) is 72.0 Å². The Bertz CT molecular complexity index is 1090. The molecule has 0 aliphatic carbocycles. The third-order valence-corrected chi connectivity index (χ3v) is 6.46. The van der Waals surface area contributed by atoms with E-state index in [0.717, 1.165) is 28.7 Å². The van der Waals surface area contributed by atoms with Gasteiger partial charge in [0.2, 0.25) is 11.8 Å². The predicted octanol–water partition coefficient (Wildman–Crippen LogP) is 5.79. The molecule has 0 spiro atoms. The van der Waals surface area contributed by atoms with E-state index in [1.54, 1.807) is 4.90 Å². The maximum absolute atomic E-state index is 13.7. The van der Waals surface area contributed by atoms with Crippen molar-refractivity contribution in [1.82, 2.24) is 10.2 Å². The molecule has 0 aliphatic heterocycles. The average molecular weight is 471 g/mol. The fourth-order valence-corrected chi connectivity index (χ4v) is 4.15. The molecular formula is C31H38N2O2. The first-order valence-corrected chi connectivity index (χ1v) is 12.6. The average Bonchev–Trinajstić information content (AvgIpc) is 2.86. The van der Waals surface area contributed by atoms with Gasteiger partial charge in [-0.2, -0.15) is 0 Å². The number of nitrogens with zero attached hydrogens (tertiary/aromatic N) is 1. The number of hydrogen-bond donors (Lipinski definition) is 1. The van der Waals surface area contributed by atoms with Gasteiger partial charge in [0.05, 0.1) is 0 Å². The van der Waals surface area contributed by atoms with E-state index in [2.05, 4.69) is 42.6 Å². The van der Waals surface area contributed by atoms with E-state index in [4.69, 9.17) is 0 Å². The Labute approximate surface area is 210 Å². The van der Waals surface area contributed by atoms with Crippen LogP contribution in [0.4, 0.5) is 0 Å². The lowest BCUT2D eigenvalue weighted by Gasteiger charge is -2.32. The van der Waals surface area contributed by atoms with Crippen molar-refractivity contribution in [1.29, 1.82) is 0 Å². The first-order valence-electron chi connectivity index (χ1n) is 12.6. The van der Waals surface area contributed by atoms with Gasteiger partial charge in [-0.05, 0) is 50.3 Å². The zero-order valence-corrected chi connectivity index (χ0v) is 21.5. The Morgan fingerprint density at radius 3 is 2.17 bits per heavy atom. The molecule has 3 aromatic carbocycles. The molecule has 1 N–H and O–H groups in total. The number of aryl methyl sites for hydroxylation is 3. The standard InChI is InChI=1S/C31H38N2O2/c1-5-25(4)32-31(35)29(21-27-11-7-6-8-12-27)33(22-28-13-9-10-24(3)20-28)30(34)19-18-26-16-14-23(2)15-17-26/h6-17,20,25,29H,5,18-19,21-22H2,1-4H3,(H,32,35)/t25-,29+/m1/s1. The Morgan fingerprint density at radius 1 is 0.829 bits per heavy atom. The van der Waals surface area contributed by atoms with Gasteiger partial charge in [-0.15, -0.1) is 0 Å². The molecule has 3 rings (SSSR count). The largest absolute Gasteiger partial charge is 0.352 e. The summed E-state index contributed by atoms with van der Waals surface area (Å²) in [5.41, 5.74) is 5.53. The van der Waals surface area contributed by atoms with Gasteiger partial charge in [0, 0.05) is 25.4 Å². The number of benzene rings is 3. The monoisotopic (exact) mass is 470 g/mol. The van der Waals surface area contributed by atoms with Crippen molar-refractivity contribution < 1.29 is 9.59 Å². The van der Waals surface area contributed by atoms with Crippen LogP contribution in [-0.2, 0) is 29.0 Å². The zero-order chi connectivity index (χ0) is 25.2. The highest BCUT2D eigenvalue weighted by Crippen LogP contribution is 2.18. The second-order valence-electron chi connectivity index (χ2n) is 9.52. The van der Waals surface area contributed by atoms with E-state index in [1.165, 1.54) is 5.56 Å². The van der Waals surface area contributed by atoms with E-state index in [0.29, 0.717) is 25.8 Å². The van der Waals surface area contributed by atoms with Crippen molar-refractivity contribution in [3.05, 3.63) is 107 Å². The van der Waals surface area contributed by atoms with Gasteiger partial charge in [0.15, 0.2) is 0 Å². The highest BCUT2D eigenvalue weighted by atomic mass is 16.2. The number of nitrogens with one attached hydrogen (secondary N) is 1. The number of hydrogen-bond acceptors (Lipinski definition) is 2. The molecule has 4 nitrogen and oxygen atoms in total. The molecule has 0 aliphatic rings. The molecule has 0 heterocycles. The highest BCUT2D eigenvalue weighted by Gasteiger charge is 2.30. The van der Waals surface area contributed by atoms with E-state index in [9.17, 15) is 9.59 Å². The van der Waals surface area contributed by atoms with Crippen LogP contribution in [0.15, 0.2) is 78.9 Å². The molecule has 4 heteroatoms. The summed E-state index contributed by atoms with van der Waals surface area (Å²) >= 11 is 0. The highest BCUT2D eigenvalue weighted by molar-refractivity contribution is 5.88. The summed E-state index contributed by atoms with van der Waals surface area (Å²) in [6.45, 7) is 8.56. The van der Waals surface area contributed by atoms with Gasteiger partial charge < -0.3 is 10.2 Å². The van der Waals surface area contributed by atoms with Crippen molar-refractivity contribution in [3.8, 4) is 0 Å². The molecule has 0 saturated carbocycles. The van der Waals surface area contributed by atoms with Crippen LogP contribution >= 0.6 is 0 Å². The molecule has 0 saturated heterocycles. The third-order valence-electron chi connectivity index (χ3n) is 6.46. The fraction of sp³-hybridized carbons (Fsp3) is 0.355. The first kappa shape index (κ1) is 26.2. The van der Waals surface area contributed by atoms with Crippen LogP contribution in [0.3, 0.4) is 0 Å². The molecule has 0 fully saturated rings. The molecule has 35 heavy (non-hydrogen) atoms. The minimum absolute atomic E-state index is 0.00712. The van der Waals surface area contributed by atoms with E-state index >= 15 is 0 Å². The predicted molar refractivity (Wildman–Crippen MR) is 143 cm³/mol. The Morgan fingerprint density at radius 2 is 1.51 bits per heavy atom. The van der Waals surface area contributed by atoms with Crippen molar-refractivity contribution >= 4 is 11.8 Å². The Kier molecular flexibility index (Phi) is 9.66. The molecule has 0 radical (unpaired) electrons. The molecule has 2 amide bonds. The SMILES string of the molecule is CC[C@@H](C)NC(=O)[C@H](Cc1ccccc1)N(Cc1cccc(C)c1)C(=O)CCc1ccc(C)cc1.